The summed E-state index contributed by atoms with van der Waals surface area (Å²) in [6.45, 7) is 1.77. The fraction of sp³-hybridized carbons (Fsp3) is 0.133. The molecule has 0 saturated carbocycles. The normalized spacial score (nSPS) is 9.60. The number of aryl methyl sites for hydroxylation is 2. The number of nitrogens with zero attached hydrogens (tertiary/aromatic N) is 3. The minimum atomic E-state index is -0.0191. The van der Waals surface area contributed by atoms with Crippen LogP contribution in [0.5, 0.6) is 0 Å². The Labute approximate surface area is 116 Å². The molecular weight excluding hydrogens is 252 g/mol. The first-order valence-electron chi connectivity index (χ1n) is 5.94. The molecule has 0 saturated heterocycles. The van der Waals surface area contributed by atoms with Gasteiger partial charge in [-0.05, 0) is 31.2 Å². The van der Waals surface area contributed by atoms with Crippen LogP contribution in [-0.4, -0.2) is 4.57 Å². The van der Waals surface area contributed by atoms with E-state index in [2.05, 4.69) is 5.32 Å². The lowest BCUT2D eigenvalue weighted by Crippen LogP contribution is -2.19. The number of nitriles is 2. The highest BCUT2D eigenvalue weighted by Crippen LogP contribution is 2.18. The van der Waals surface area contributed by atoms with Crippen LogP contribution in [-0.2, 0) is 7.05 Å². The summed E-state index contributed by atoms with van der Waals surface area (Å²) in [5, 5.41) is 21.1. The smallest absolute Gasteiger partial charge is 0.253 e. The highest BCUT2D eigenvalue weighted by atomic mass is 16.1. The third-order valence-corrected chi connectivity index (χ3v) is 3.03. The topological polar surface area (TPSA) is 81.6 Å². The molecule has 0 spiro atoms. The van der Waals surface area contributed by atoms with E-state index in [4.69, 9.17) is 10.5 Å². The van der Waals surface area contributed by atoms with Crippen LogP contribution in [0.1, 0.15) is 5.56 Å². The monoisotopic (exact) mass is 264 g/mol. The molecule has 0 bridgehead atoms. The number of rotatable bonds is 2. The van der Waals surface area contributed by atoms with Crippen LogP contribution in [0.2, 0.25) is 0 Å². The van der Waals surface area contributed by atoms with Crippen LogP contribution in [0.3, 0.4) is 0 Å². The van der Waals surface area contributed by atoms with E-state index in [-0.39, 0.29) is 11.1 Å². The van der Waals surface area contributed by atoms with Gasteiger partial charge in [-0.3, -0.25) is 4.79 Å². The van der Waals surface area contributed by atoms with Gasteiger partial charge in [0.25, 0.3) is 5.56 Å². The molecule has 1 aromatic heterocycles. The predicted octanol–water partition coefficient (Wildman–Crippen LogP) is 2.19. The van der Waals surface area contributed by atoms with E-state index in [0.717, 1.165) is 16.6 Å². The van der Waals surface area contributed by atoms with Crippen molar-refractivity contribution in [1.82, 2.24) is 4.57 Å². The maximum Gasteiger partial charge on any atom is 0.253 e. The molecule has 0 radical (unpaired) electrons. The Balaban J connectivity index is 2.49. The molecule has 1 N–H and O–H groups in total. The summed E-state index contributed by atoms with van der Waals surface area (Å²) in [4.78, 5) is 11.8. The number of anilines is 1. The molecule has 1 aromatic carbocycles. The first kappa shape index (κ1) is 13.4. The lowest BCUT2D eigenvalue weighted by atomic mass is 10.1. The van der Waals surface area contributed by atoms with E-state index < -0.39 is 0 Å². The number of fused-ring (bicyclic) bond motifs is 1. The Morgan fingerprint density at radius 1 is 1.30 bits per heavy atom. The third kappa shape index (κ3) is 2.38. The Hall–Kier alpha value is -3.05. The zero-order chi connectivity index (χ0) is 14.7. The second kappa shape index (κ2) is 5.29. The van der Waals surface area contributed by atoms with Crippen LogP contribution < -0.4 is 10.9 Å². The van der Waals surface area contributed by atoms with Gasteiger partial charge in [0.05, 0.1) is 5.52 Å². The second-order valence-electron chi connectivity index (χ2n) is 4.39. The minimum Gasteiger partial charge on any atom is -0.360 e. The zero-order valence-corrected chi connectivity index (χ0v) is 11.1. The summed E-state index contributed by atoms with van der Waals surface area (Å²) in [7, 11) is 1.73. The molecule has 0 aliphatic carbocycles. The Morgan fingerprint density at radius 3 is 2.65 bits per heavy atom. The number of hydrogen-bond acceptors (Lipinski definition) is 4. The van der Waals surface area contributed by atoms with Crippen molar-refractivity contribution in [3.8, 4) is 12.1 Å². The lowest BCUT2D eigenvalue weighted by Gasteiger charge is -2.08. The summed E-state index contributed by atoms with van der Waals surface area (Å²) < 4.78 is 1.60. The molecule has 0 unspecified atom stereocenters. The fourth-order valence-corrected chi connectivity index (χ4v) is 1.98. The molecule has 0 amide bonds. The van der Waals surface area contributed by atoms with Gasteiger partial charge in [0, 0.05) is 29.9 Å². The van der Waals surface area contributed by atoms with Crippen LogP contribution in [0.15, 0.2) is 40.8 Å². The van der Waals surface area contributed by atoms with E-state index in [1.54, 1.807) is 36.7 Å². The van der Waals surface area contributed by atoms with Gasteiger partial charge >= 0.3 is 0 Å². The SMILES string of the molecule is Cc1cc2cc(NC=C(C#N)C#N)ccc2n(C)c1=O. The zero-order valence-electron chi connectivity index (χ0n) is 11.1. The average molecular weight is 264 g/mol. The number of hydrogen-bond donors (Lipinski definition) is 1. The third-order valence-electron chi connectivity index (χ3n) is 3.03. The van der Waals surface area contributed by atoms with Gasteiger partial charge in [-0.2, -0.15) is 10.5 Å². The molecule has 0 atom stereocenters. The van der Waals surface area contributed by atoms with Crippen molar-refractivity contribution in [3.05, 3.63) is 52.0 Å². The standard InChI is InChI=1S/C15H12N4O/c1-10-5-12-6-13(18-9-11(7-16)8-17)3-4-14(12)19(2)15(10)20/h3-6,9,18H,1-2H3. The van der Waals surface area contributed by atoms with Gasteiger partial charge in [0.15, 0.2) is 0 Å². The molecule has 5 heteroatoms. The second-order valence-corrected chi connectivity index (χ2v) is 4.39. The van der Waals surface area contributed by atoms with Gasteiger partial charge < -0.3 is 9.88 Å². The minimum absolute atomic E-state index is 0.00161. The number of pyridine rings is 1. The highest BCUT2D eigenvalue weighted by Gasteiger charge is 2.04. The van der Waals surface area contributed by atoms with Crippen molar-refractivity contribution in [2.75, 3.05) is 5.32 Å². The van der Waals surface area contributed by atoms with Gasteiger partial charge in [0.1, 0.15) is 17.7 Å². The van der Waals surface area contributed by atoms with Crippen LogP contribution in [0, 0.1) is 29.6 Å². The van der Waals surface area contributed by atoms with E-state index in [1.807, 2.05) is 18.2 Å². The van der Waals surface area contributed by atoms with Crippen molar-refractivity contribution in [2.45, 2.75) is 6.92 Å². The van der Waals surface area contributed by atoms with Crippen LogP contribution >= 0.6 is 0 Å². The Kier molecular flexibility index (Phi) is 3.54. The first-order valence-corrected chi connectivity index (χ1v) is 5.94. The van der Waals surface area contributed by atoms with Crippen molar-refractivity contribution in [2.24, 2.45) is 7.05 Å². The van der Waals surface area contributed by atoms with E-state index >= 15 is 0 Å². The van der Waals surface area contributed by atoms with Gasteiger partial charge in [-0.15, -0.1) is 0 Å². The van der Waals surface area contributed by atoms with E-state index in [9.17, 15) is 4.79 Å². The van der Waals surface area contributed by atoms with Crippen LogP contribution in [0.25, 0.3) is 10.9 Å². The Bertz CT molecular complexity index is 831. The molecule has 2 aromatic rings. The summed E-state index contributed by atoms with van der Waals surface area (Å²) in [6, 6.07) is 10.9. The van der Waals surface area contributed by atoms with Crippen LogP contribution in [0.4, 0.5) is 5.69 Å². The molecular formula is C15H12N4O. The number of benzene rings is 1. The fourth-order valence-electron chi connectivity index (χ4n) is 1.98. The molecule has 5 nitrogen and oxygen atoms in total. The molecule has 0 aliphatic rings. The van der Waals surface area contributed by atoms with Gasteiger partial charge in [-0.25, -0.2) is 0 Å². The van der Waals surface area contributed by atoms with E-state index in [1.165, 1.54) is 6.20 Å². The van der Waals surface area contributed by atoms with Gasteiger partial charge in [0.2, 0.25) is 0 Å². The van der Waals surface area contributed by atoms with Crippen molar-refractivity contribution in [3.63, 3.8) is 0 Å². The maximum atomic E-state index is 11.8. The number of aromatic nitrogens is 1. The summed E-state index contributed by atoms with van der Waals surface area (Å²) in [5.74, 6) is 0. The molecule has 98 valence electrons. The van der Waals surface area contributed by atoms with Crippen molar-refractivity contribution < 1.29 is 0 Å². The molecule has 2 rings (SSSR count). The highest BCUT2D eigenvalue weighted by molar-refractivity contribution is 5.83. The lowest BCUT2D eigenvalue weighted by molar-refractivity contribution is 0.893. The Morgan fingerprint density at radius 2 is 2.00 bits per heavy atom. The summed E-state index contributed by atoms with van der Waals surface area (Å²) in [5.41, 5.74) is 2.23. The predicted molar refractivity (Wildman–Crippen MR) is 76.9 cm³/mol. The molecule has 1 heterocycles. The first-order chi connectivity index (χ1) is 9.56. The number of nitrogens with one attached hydrogen (secondary N) is 1. The summed E-state index contributed by atoms with van der Waals surface area (Å²) >= 11 is 0. The average Bonchev–Trinajstić information content (AvgIpc) is 2.46. The van der Waals surface area contributed by atoms with E-state index in [0.29, 0.717) is 5.56 Å². The maximum absolute atomic E-state index is 11.8. The van der Waals surface area contributed by atoms with Crippen molar-refractivity contribution in [1.29, 1.82) is 10.5 Å². The molecule has 20 heavy (non-hydrogen) atoms. The molecule has 0 aliphatic heterocycles. The quantitative estimate of drug-likeness (QED) is 0.843. The van der Waals surface area contributed by atoms with Gasteiger partial charge in [-0.1, -0.05) is 0 Å². The number of allylic oxidation sites excluding steroid dienone is 1. The largest absolute Gasteiger partial charge is 0.360 e. The summed E-state index contributed by atoms with van der Waals surface area (Å²) in [6.07, 6.45) is 1.36. The molecule has 0 fully saturated rings. The van der Waals surface area contributed by atoms with Crippen molar-refractivity contribution >= 4 is 16.6 Å².